The van der Waals surface area contributed by atoms with Crippen LogP contribution in [0.3, 0.4) is 0 Å². The summed E-state index contributed by atoms with van der Waals surface area (Å²) in [4.78, 5) is 0. The van der Waals surface area contributed by atoms with Crippen LogP contribution in [0.5, 0.6) is 0 Å². The largest absolute Gasteiger partial charge is 0.386 e. The van der Waals surface area contributed by atoms with Crippen LogP contribution in [-0.2, 0) is 16.5 Å². The van der Waals surface area contributed by atoms with Crippen LogP contribution in [-0.4, -0.2) is 41.8 Å². The maximum absolute atomic E-state index is 9.61. The highest BCUT2D eigenvalue weighted by Crippen LogP contribution is 2.10. The molecule has 0 aliphatic carbocycles. The van der Waals surface area contributed by atoms with Gasteiger partial charge in [0.05, 0.1) is 26.0 Å². The number of ether oxygens (including phenoxy) is 2. The predicted octanol–water partition coefficient (Wildman–Crippen LogP) is 0.116. The van der Waals surface area contributed by atoms with Gasteiger partial charge in [0.15, 0.2) is 0 Å². The lowest BCUT2D eigenvalue weighted by Gasteiger charge is -2.08. The molecule has 1 aromatic rings. The first-order chi connectivity index (χ1) is 6.74. The number of aliphatic hydroxyl groups is 1. The lowest BCUT2D eigenvalue weighted by atomic mass is 10.2. The number of nitrogens with zero attached hydrogens (tertiary/aromatic N) is 2. The third-order valence-electron chi connectivity index (χ3n) is 1.82. The summed E-state index contributed by atoms with van der Waals surface area (Å²) in [5.74, 6) is 0. The molecule has 5 nitrogen and oxygen atoms in total. The monoisotopic (exact) mass is 200 g/mol. The number of methoxy groups -OCH3 is 1. The molecule has 5 heteroatoms. The summed E-state index contributed by atoms with van der Waals surface area (Å²) in [6.45, 7) is 1.31. The van der Waals surface area contributed by atoms with Gasteiger partial charge in [0.25, 0.3) is 0 Å². The minimum Gasteiger partial charge on any atom is -0.386 e. The molecule has 0 amide bonds. The molecular formula is C9H16N2O3. The van der Waals surface area contributed by atoms with E-state index in [0.717, 1.165) is 5.56 Å². The second kappa shape index (κ2) is 5.74. The third kappa shape index (κ3) is 3.45. The SMILES string of the molecule is COCCOCC(O)c1cnn(C)c1. The molecule has 1 aromatic heterocycles. The van der Waals surface area contributed by atoms with Crippen LogP contribution < -0.4 is 0 Å². The summed E-state index contributed by atoms with van der Waals surface area (Å²) in [5.41, 5.74) is 0.768. The highest BCUT2D eigenvalue weighted by molar-refractivity contribution is 5.07. The number of hydrogen-bond donors (Lipinski definition) is 1. The van der Waals surface area contributed by atoms with E-state index in [2.05, 4.69) is 5.10 Å². The average molecular weight is 200 g/mol. The smallest absolute Gasteiger partial charge is 0.105 e. The first-order valence-electron chi connectivity index (χ1n) is 4.47. The Balaban J connectivity index is 2.25. The lowest BCUT2D eigenvalue weighted by molar-refractivity contribution is 0.0126. The number of hydrogen-bond acceptors (Lipinski definition) is 4. The summed E-state index contributed by atoms with van der Waals surface area (Å²) in [7, 11) is 3.42. The van der Waals surface area contributed by atoms with Crippen LogP contribution in [0.15, 0.2) is 12.4 Å². The second-order valence-corrected chi connectivity index (χ2v) is 3.03. The standard InChI is InChI=1S/C9H16N2O3/c1-11-6-8(5-10-11)9(12)7-14-4-3-13-2/h5-6,9,12H,3-4,7H2,1-2H3. The summed E-state index contributed by atoms with van der Waals surface area (Å²) in [6, 6.07) is 0. The van der Waals surface area contributed by atoms with E-state index in [-0.39, 0.29) is 6.61 Å². The fourth-order valence-corrected chi connectivity index (χ4v) is 1.05. The highest BCUT2D eigenvalue weighted by Gasteiger charge is 2.08. The molecule has 0 bridgehead atoms. The number of aryl methyl sites for hydroxylation is 1. The van der Waals surface area contributed by atoms with Crippen LogP contribution in [0.1, 0.15) is 11.7 Å². The zero-order chi connectivity index (χ0) is 10.4. The van der Waals surface area contributed by atoms with E-state index in [1.165, 1.54) is 0 Å². The van der Waals surface area contributed by atoms with Crippen molar-refractivity contribution in [2.24, 2.45) is 7.05 Å². The van der Waals surface area contributed by atoms with Gasteiger partial charge in [-0.25, -0.2) is 0 Å². The van der Waals surface area contributed by atoms with E-state index in [9.17, 15) is 5.11 Å². The van der Waals surface area contributed by atoms with Gasteiger partial charge >= 0.3 is 0 Å². The maximum atomic E-state index is 9.61. The van der Waals surface area contributed by atoms with Crippen molar-refractivity contribution >= 4 is 0 Å². The van der Waals surface area contributed by atoms with Crippen LogP contribution in [0.4, 0.5) is 0 Å². The van der Waals surface area contributed by atoms with Crippen molar-refractivity contribution in [3.05, 3.63) is 18.0 Å². The third-order valence-corrected chi connectivity index (χ3v) is 1.82. The normalized spacial score (nSPS) is 13.1. The van der Waals surface area contributed by atoms with Gasteiger partial charge in [-0.3, -0.25) is 4.68 Å². The lowest BCUT2D eigenvalue weighted by Crippen LogP contribution is -2.10. The topological polar surface area (TPSA) is 56.5 Å². The molecule has 0 saturated heterocycles. The van der Waals surface area contributed by atoms with Crippen molar-refractivity contribution in [2.75, 3.05) is 26.9 Å². The quantitative estimate of drug-likeness (QED) is 0.662. The minimum atomic E-state index is -0.611. The summed E-state index contributed by atoms with van der Waals surface area (Å²) in [5, 5.41) is 13.6. The molecule has 14 heavy (non-hydrogen) atoms. The summed E-state index contributed by atoms with van der Waals surface area (Å²) < 4.78 is 11.6. The van der Waals surface area contributed by atoms with E-state index in [4.69, 9.17) is 9.47 Å². The Morgan fingerprint density at radius 3 is 2.93 bits per heavy atom. The van der Waals surface area contributed by atoms with Crippen molar-refractivity contribution < 1.29 is 14.6 Å². The van der Waals surface area contributed by atoms with Gasteiger partial charge < -0.3 is 14.6 Å². The zero-order valence-corrected chi connectivity index (χ0v) is 8.51. The molecular weight excluding hydrogens is 184 g/mol. The maximum Gasteiger partial charge on any atom is 0.105 e. The Labute approximate surface area is 83.2 Å². The molecule has 0 aliphatic heterocycles. The Kier molecular flexibility index (Phi) is 4.58. The Morgan fingerprint density at radius 1 is 1.57 bits per heavy atom. The molecule has 0 saturated carbocycles. The van der Waals surface area contributed by atoms with Crippen LogP contribution in [0, 0.1) is 0 Å². The first-order valence-corrected chi connectivity index (χ1v) is 4.47. The van der Waals surface area contributed by atoms with Crippen molar-refractivity contribution in [3.63, 3.8) is 0 Å². The van der Waals surface area contributed by atoms with Gasteiger partial charge in [-0.15, -0.1) is 0 Å². The number of aliphatic hydroxyl groups excluding tert-OH is 1. The fraction of sp³-hybridized carbons (Fsp3) is 0.667. The van der Waals surface area contributed by atoms with Gasteiger partial charge in [0.1, 0.15) is 6.10 Å². The molecule has 0 aromatic carbocycles. The van der Waals surface area contributed by atoms with Crippen molar-refractivity contribution in [2.45, 2.75) is 6.10 Å². The summed E-state index contributed by atoms with van der Waals surface area (Å²) >= 11 is 0. The number of rotatable bonds is 6. The van der Waals surface area contributed by atoms with Crippen LogP contribution in [0.25, 0.3) is 0 Å². The van der Waals surface area contributed by atoms with E-state index in [0.29, 0.717) is 13.2 Å². The molecule has 1 rings (SSSR count). The Morgan fingerprint density at radius 2 is 2.36 bits per heavy atom. The second-order valence-electron chi connectivity index (χ2n) is 3.03. The Bertz CT molecular complexity index is 262. The Hall–Kier alpha value is -0.910. The molecule has 0 radical (unpaired) electrons. The minimum absolute atomic E-state index is 0.273. The molecule has 1 atom stereocenters. The van der Waals surface area contributed by atoms with Gasteiger partial charge in [-0.05, 0) is 0 Å². The molecule has 0 aliphatic rings. The molecule has 1 unspecified atom stereocenters. The highest BCUT2D eigenvalue weighted by atomic mass is 16.5. The van der Waals surface area contributed by atoms with E-state index in [1.54, 1.807) is 24.2 Å². The van der Waals surface area contributed by atoms with Gasteiger partial charge in [0, 0.05) is 25.9 Å². The predicted molar refractivity (Wildman–Crippen MR) is 50.9 cm³/mol. The van der Waals surface area contributed by atoms with E-state index >= 15 is 0 Å². The van der Waals surface area contributed by atoms with E-state index in [1.807, 2.05) is 7.05 Å². The van der Waals surface area contributed by atoms with E-state index < -0.39 is 6.10 Å². The first kappa shape index (κ1) is 11.2. The van der Waals surface area contributed by atoms with Gasteiger partial charge in [-0.2, -0.15) is 5.10 Å². The van der Waals surface area contributed by atoms with Crippen molar-refractivity contribution in [3.8, 4) is 0 Å². The average Bonchev–Trinajstić information content (AvgIpc) is 2.59. The molecule has 0 spiro atoms. The fourth-order valence-electron chi connectivity index (χ4n) is 1.05. The zero-order valence-electron chi connectivity index (χ0n) is 8.51. The summed E-state index contributed by atoms with van der Waals surface area (Å²) in [6.07, 6.45) is 2.79. The molecule has 1 heterocycles. The van der Waals surface area contributed by atoms with Gasteiger partial charge in [0.2, 0.25) is 0 Å². The number of aromatic nitrogens is 2. The van der Waals surface area contributed by atoms with Crippen molar-refractivity contribution in [1.29, 1.82) is 0 Å². The molecule has 1 N–H and O–H groups in total. The molecule has 80 valence electrons. The van der Waals surface area contributed by atoms with Gasteiger partial charge in [-0.1, -0.05) is 0 Å². The van der Waals surface area contributed by atoms with Crippen LogP contribution in [0.2, 0.25) is 0 Å². The van der Waals surface area contributed by atoms with Crippen LogP contribution >= 0.6 is 0 Å². The molecule has 0 fully saturated rings. The van der Waals surface area contributed by atoms with Crippen molar-refractivity contribution in [1.82, 2.24) is 9.78 Å².